The molecule has 2 aliphatic rings. The molecule has 1 aromatic carbocycles. The topological polar surface area (TPSA) is 24.5 Å². The Kier molecular flexibility index (Phi) is 2.48. The van der Waals surface area contributed by atoms with Gasteiger partial charge in [-0.15, -0.1) is 0 Å². The van der Waals surface area contributed by atoms with Crippen LogP contribution in [0.4, 0.5) is 5.69 Å². The second-order valence-corrected chi connectivity index (χ2v) is 4.55. The molecular formula is C13H18N2O. The van der Waals surface area contributed by atoms with Gasteiger partial charge in [-0.3, -0.25) is 0 Å². The van der Waals surface area contributed by atoms with E-state index in [2.05, 4.69) is 28.4 Å². The van der Waals surface area contributed by atoms with Crippen LogP contribution in [0.3, 0.4) is 0 Å². The smallest absolute Gasteiger partial charge is 0.124 e. The molecule has 0 amide bonds. The Labute approximate surface area is 96.4 Å². The first-order valence-corrected chi connectivity index (χ1v) is 6.03. The van der Waals surface area contributed by atoms with Crippen LogP contribution in [0.2, 0.25) is 0 Å². The van der Waals surface area contributed by atoms with Crippen LogP contribution >= 0.6 is 0 Å². The quantitative estimate of drug-likeness (QED) is 0.771. The highest BCUT2D eigenvalue weighted by Crippen LogP contribution is 2.39. The molecule has 1 fully saturated rings. The number of ether oxygens (including phenoxy) is 1. The number of benzene rings is 1. The van der Waals surface area contributed by atoms with Crippen LogP contribution in [-0.4, -0.2) is 32.8 Å². The normalized spacial score (nSPS) is 23.6. The summed E-state index contributed by atoms with van der Waals surface area (Å²) in [4.78, 5) is 2.54. The van der Waals surface area contributed by atoms with Crippen LogP contribution < -0.4 is 15.0 Å². The SMILES string of the molecule is COc1cccc2c1CC1CCNCCN21. The van der Waals surface area contributed by atoms with Crippen molar-refractivity contribution in [2.45, 2.75) is 18.9 Å². The zero-order chi connectivity index (χ0) is 11.0. The minimum Gasteiger partial charge on any atom is -0.496 e. The minimum absolute atomic E-state index is 0.668. The first-order valence-electron chi connectivity index (χ1n) is 6.03. The highest BCUT2D eigenvalue weighted by molar-refractivity contribution is 5.64. The molecule has 0 saturated carbocycles. The van der Waals surface area contributed by atoms with E-state index in [0.717, 1.165) is 31.8 Å². The van der Waals surface area contributed by atoms with E-state index >= 15 is 0 Å². The van der Waals surface area contributed by atoms with Crippen LogP contribution in [0.1, 0.15) is 12.0 Å². The fourth-order valence-corrected chi connectivity index (χ4v) is 2.92. The van der Waals surface area contributed by atoms with Crippen LogP contribution in [0.25, 0.3) is 0 Å². The lowest BCUT2D eigenvalue weighted by molar-refractivity contribution is 0.410. The van der Waals surface area contributed by atoms with E-state index in [9.17, 15) is 0 Å². The van der Waals surface area contributed by atoms with Gasteiger partial charge in [0.05, 0.1) is 7.11 Å². The molecule has 16 heavy (non-hydrogen) atoms. The van der Waals surface area contributed by atoms with Gasteiger partial charge in [0.2, 0.25) is 0 Å². The summed E-state index contributed by atoms with van der Waals surface area (Å²) in [6.45, 7) is 3.34. The molecule has 0 radical (unpaired) electrons. The first kappa shape index (κ1) is 9.97. The van der Waals surface area contributed by atoms with Crippen molar-refractivity contribution in [3.63, 3.8) is 0 Å². The van der Waals surface area contributed by atoms with Crippen molar-refractivity contribution in [3.05, 3.63) is 23.8 Å². The highest BCUT2D eigenvalue weighted by atomic mass is 16.5. The molecule has 0 aliphatic carbocycles. The van der Waals surface area contributed by atoms with Gasteiger partial charge in [0.15, 0.2) is 0 Å². The zero-order valence-corrected chi connectivity index (χ0v) is 9.70. The lowest BCUT2D eigenvalue weighted by Gasteiger charge is -2.24. The predicted octanol–water partition coefficient (Wildman–Crippen LogP) is 1.42. The van der Waals surface area contributed by atoms with E-state index in [4.69, 9.17) is 4.74 Å². The summed E-state index contributed by atoms with van der Waals surface area (Å²) < 4.78 is 5.45. The summed E-state index contributed by atoms with van der Waals surface area (Å²) in [5.41, 5.74) is 2.78. The van der Waals surface area contributed by atoms with Gasteiger partial charge in [-0.1, -0.05) is 6.07 Å². The van der Waals surface area contributed by atoms with Gasteiger partial charge in [0.25, 0.3) is 0 Å². The average molecular weight is 218 g/mol. The highest BCUT2D eigenvalue weighted by Gasteiger charge is 2.31. The fourth-order valence-electron chi connectivity index (χ4n) is 2.92. The molecule has 2 heterocycles. The third-order valence-corrected chi connectivity index (χ3v) is 3.70. The number of hydrogen-bond donors (Lipinski definition) is 1. The molecule has 2 aliphatic heterocycles. The van der Waals surface area contributed by atoms with Gasteiger partial charge >= 0.3 is 0 Å². The molecule has 86 valence electrons. The average Bonchev–Trinajstić information content (AvgIpc) is 2.52. The number of anilines is 1. The second kappa shape index (κ2) is 3.98. The summed E-state index contributed by atoms with van der Waals surface area (Å²) in [6.07, 6.45) is 2.37. The molecule has 0 bridgehead atoms. The summed E-state index contributed by atoms with van der Waals surface area (Å²) in [5.74, 6) is 1.05. The van der Waals surface area contributed by atoms with Crippen molar-refractivity contribution in [3.8, 4) is 5.75 Å². The molecule has 1 N–H and O–H groups in total. The molecule has 0 aromatic heterocycles. The molecule has 3 nitrogen and oxygen atoms in total. The summed E-state index contributed by atoms with van der Waals surface area (Å²) in [5, 5.41) is 3.46. The lowest BCUT2D eigenvalue weighted by atomic mass is 10.1. The minimum atomic E-state index is 0.668. The van der Waals surface area contributed by atoms with E-state index in [1.54, 1.807) is 7.11 Å². The van der Waals surface area contributed by atoms with Crippen molar-refractivity contribution in [1.82, 2.24) is 5.32 Å². The van der Waals surface area contributed by atoms with Crippen LogP contribution in [0, 0.1) is 0 Å². The van der Waals surface area contributed by atoms with Crippen molar-refractivity contribution >= 4 is 5.69 Å². The number of fused-ring (bicyclic) bond motifs is 3. The molecule has 1 unspecified atom stereocenters. The van der Waals surface area contributed by atoms with Crippen LogP contribution in [0.5, 0.6) is 5.75 Å². The maximum atomic E-state index is 5.45. The Bertz CT molecular complexity index is 392. The Morgan fingerprint density at radius 2 is 2.31 bits per heavy atom. The van der Waals surface area contributed by atoms with Gasteiger partial charge in [-0.05, 0) is 31.5 Å². The standard InChI is InChI=1S/C13H18N2O/c1-16-13-4-2-3-12-11(13)9-10-5-6-14-7-8-15(10)12/h2-4,10,14H,5-9H2,1H3. The van der Waals surface area contributed by atoms with Gasteiger partial charge < -0.3 is 15.0 Å². The molecule has 3 heteroatoms. The summed E-state index contributed by atoms with van der Waals surface area (Å²) in [7, 11) is 1.76. The van der Waals surface area contributed by atoms with Crippen molar-refractivity contribution in [1.29, 1.82) is 0 Å². The van der Waals surface area contributed by atoms with Crippen LogP contribution in [-0.2, 0) is 6.42 Å². The third kappa shape index (κ3) is 1.47. The maximum absolute atomic E-state index is 5.45. The Balaban J connectivity index is 1.99. The van der Waals surface area contributed by atoms with Crippen molar-refractivity contribution < 1.29 is 4.74 Å². The van der Waals surface area contributed by atoms with Crippen LogP contribution in [0.15, 0.2) is 18.2 Å². The second-order valence-electron chi connectivity index (χ2n) is 4.55. The monoisotopic (exact) mass is 218 g/mol. The Morgan fingerprint density at radius 3 is 3.19 bits per heavy atom. The lowest BCUT2D eigenvalue weighted by Crippen LogP contribution is -2.32. The maximum Gasteiger partial charge on any atom is 0.124 e. The molecule has 1 saturated heterocycles. The van der Waals surface area contributed by atoms with Gasteiger partial charge in [-0.2, -0.15) is 0 Å². The number of hydrogen-bond acceptors (Lipinski definition) is 3. The number of nitrogens with one attached hydrogen (secondary N) is 1. The number of rotatable bonds is 1. The summed E-state index contributed by atoms with van der Waals surface area (Å²) >= 11 is 0. The van der Waals surface area contributed by atoms with E-state index in [1.165, 1.54) is 17.7 Å². The largest absolute Gasteiger partial charge is 0.496 e. The van der Waals surface area contributed by atoms with Gasteiger partial charge in [-0.25, -0.2) is 0 Å². The van der Waals surface area contributed by atoms with E-state index in [-0.39, 0.29) is 0 Å². The number of methoxy groups -OCH3 is 1. The molecular weight excluding hydrogens is 200 g/mol. The fraction of sp³-hybridized carbons (Fsp3) is 0.538. The van der Waals surface area contributed by atoms with E-state index in [0.29, 0.717) is 6.04 Å². The molecule has 1 aromatic rings. The van der Waals surface area contributed by atoms with E-state index < -0.39 is 0 Å². The van der Waals surface area contributed by atoms with E-state index in [1.807, 2.05) is 0 Å². The zero-order valence-electron chi connectivity index (χ0n) is 9.70. The summed E-state index contributed by atoms with van der Waals surface area (Å²) in [6, 6.07) is 7.06. The van der Waals surface area contributed by atoms with Gasteiger partial charge in [0.1, 0.15) is 5.75 Å². The number of nitrogens with zero attached hydrogens (tertiary/aromatic N) is 1. The molecule has 3 rings (SSSR count). The van der Waals surface area contributed by atoms with Crippen molar-refractivity contribution in [2.24, 2.45) is 0 Å². The van der Waals surface area contributed by atoms with Crippen molar-refractivity contribution in [2.75, 3.05) is 31.6 Å². The Morgan fingerprint density at radius 1 is 1.38 bits per heavy atom. The predicted molar refractivity (Wildman–Crippen MR) is 65.3 cm³/mol. The third-order valence-electron chi connectivity index (χ3n) is 3.70. The Hall–Kier alpha value is -1.22. The molecule has 0 spiro atoms. The first-order chi connectivity index (χ1) is 7.90. The molecule has 1 atom stereocenters. The van der Waals surface area contributed by atoms with Gasteiger partial charge in [0, 0.05) is 30.4 Å².